The van der Waals surface area contributed by atoms with Gasteiger partial charge in [0.15, 0.2) is 12.2 Å². The summed E-state index contributed by atoms with van der Waals surface area (Å²) in [5, 5.41) is 9.53. The molecule has 1 fully saturated rings. The number of aliphatic imine (C=N–C) groups is 1. The lowest BCUT2D eigenvalue weighted by Crippen LogP contribution is -2.45. The molecule has 0 saturated heterocycles. The van der Waals surface area contributed by atoms with Crippen molar-refractivity contribution in [1.29, 1.82) is 0 Å². The highest BCUT2D eigenvalue weighted by atomic mass is 19.3. The van der Waals surface area contributed by atoms with Gasteiger partial charge in [-0.2, -0.15) is 8.78 Å². The molecule has 0 aromatic rings. The summed E-state index contributed by atoms with van der Waals surface area (Å²) < 4.78 is 33.1. The van der Waals surface area contributed by atoms with E-state index in [0.717, 1.165) is 50.1 Å². The Morgan fingerprint density at radius 1 is 1.37 bits per heavy atom. The average molecular weight is 428 g/mol. The Morgan fingerprint density at radius 3 is 2.73 bits per heavy atom. The van der Waals surface area contributed by atoms with Crippen molar-refractivity contribution in [3.63, 3.8) is 0 Å². The van der Waals surface area contributed by atoms with Gasteiger partial charge in [-0.3, -0.25) is 9.69 Å². The van der Waals surface area contributed by atoms with Crippen molar-refractivity contribution < 1.29 is 18.3 Å². The Hall–Kier alpha value is -2.00. The number of rotatable bonds is 11. The Bertz CT molecular complexity index is 645. The van der Waals surface area contributed by atoms with Gasteiger partial charge in [0.25, 0.3) is 0 Å². The standard InChI is InChI=1S/C21H35F2N5O2/c1-16-8-9-18(19(12-16)30-3)27-20(25-11-10-24-2)26-15-28(13-21(22,23)14-29)17-6-4-5-7-17/h9,12,14,16-17,24H,4-8,10-11,13,15H2,1-3H3,(H2,25,26,27). The second kappa shape index (κ2) is 12.0. The van der Waals surface area contributed by atoms with Gasteiger partial charge in [0, 0.05) is 19.1 Å². The van der Waals surface area contributed by atoms with Crippen molar-refractivity contribution in [2.45, 2.75) is 51.0 Å². The highest BCUT2D eigenvalue weighted by molar-refractivity contribution is 5.82. The lowest BCUT2D eigenvalue weighted by Gasteiger charge is -2.29. The molecule has 0 heterocycles. The molecule has 0 aliphatic heterocycles. The van der Waals surface area contributed by atoms with Crippen LogP contribution in [0, 0.1) is 5.92 Å². The Labute approximate surface area is 178 Å². The van der Waals surface area contributed by atoms with Crippen LogP contribution in [0.2, 0.25) is 0 Å². The summed E-state index contributed by atoms with van der Waals surface area (Å²) >= 11 is 0. The molecule has 1 saturated carbocycles. The number of aldehydes is 1. The number of hydrogen-bond acceptors (Lipinski definition) is 5. The SMILES string of the molecule is CNCCN/C(=N\CN(CC(F)(F)C=O)C1CCCC1)NC1=CCC(C)C=C1OC. The third-order valence-corrected chi connectivity index (χ3v) is 5.37. The zero-order valence-corrected chi connectivity index (χ0v) is 18.2. The van der Waals surface area contributed by atoms with Crippen molar-refractivity contribution in [2.75, 3.05) is 40.5 Å². The van der Waals surface area contributed by atoms with Gasteiger partial charge in [0.2, 0.25) is 0 Å². The van der Waals surface area contributed by atoms with Crippen molar-refractivity contribution in [1.82, 2.24) is 20.9 Å². The molecular formula is C21H35F2N5O2. The average Bonchev–Trinajstić information content (AvgIpc) is 3.26. The van der Waals surface area contributed by atoms with Crippen LogP contribution in [0.4, 0.5) is 8.78 Å². The quantitative estimate of drug-likeness (QED) is 0.203. The normalized spacial score (nSPS) is 20.7. The molecule has 1 unspecified atom stereocenters. The highest BCUT2D eigenvalue weighted by Crippen LogP contribution is 2.26. The van der Waals surface area contributed by atoms with Crippen LogP contribution in [0.5, 0.6) is 0 Å². The van der Waals surface area contributed by atoms with Gasteiger partial charge in [0.05, 0.1) is 26.0 Å². The maximum absolute atomic E-state index is 13.8. The number of carbonyl (C=O) groups is 1. The zero-order valence-electron chi connectivity index (χ0n) is 18.2. The molecular weight excluding hydrogens is 392 g/mol. The molecule has 7 nitrogen and oxygen atoms in total. The van der Waals surface area contributed by atoms with E-state index < -0.39 is 12.5 Å². The number of likely N-dealkylation sites (N-methyl/N-ethyl adjacent to an activating group) is 1. The highest BCUT2D eigenvalue weighted by Gasteiger charge is 2.34. The molecule has 2 rings (SSSR count). The molecule has 0 bridgehead atoms. The van der Waals surface area contributed by atoms with Crippen molar-refractivity contribution >= 4 is 12.2 Å². The van der Waals surface area contributed by atoms with E-state index in [9.17, 15) is 13.6 Å². The molecule has 30 heavy (non-hydrogen) atoms. The van der Waals surface area contributed by atoms with Crippen LogP contribution in [-0.2, 0) is 9.53 Å². The van der Waals surface area contributed by atoms with E-state index in [1.807, 2.05) is 19.2 Å². The van der Waals surface area contributed by atoms with E-state index in [4.69, 9.17) is 4.74 Å². The minimum atomic E-state index is -3.38. The Balaban J connectivity index is 2.14. The summed E-state index contributed by atoms with van der Waals surface area (Å²) in [5.74, 6) is -1.77. The van der Waals surface area contributed by atoms with E-state index >= 15 is 0 Å². The third kappa shape index (κ3) is 7.68. The predicted octanol–water partition coefficient (Wildman–Crippen LogP) is 2.23. The fraction of sp³-hybridized carbons (Fsp3) is 0.714. The van der Waals surface area contributed by atoms with Crippen LogP contribution in [0.25, 0.3) is 0 Å². The molecule has 2 aliphatic rings. The largest absolute Gasteiger partial charge is 0.495 e. The number of allylic oxidation sites excluding steroid dienone is 2. The zero-order chi connectivity index (χ0) is 22.0. The van der Waals surface area contributed by atoms with E-state index in [-0.39, 0.29) is 19.0 Å². The molecule has 3 N–H and O–H groups in total. The van der Waals surface area contributed by atoms with Crippen LogP contribution in [0.1, 0.15) is 39.0 Å². The van der Waals surface area contributed by atoms with Crippen molar-refractivity contribution in [3.05, 3.63) is 23.6 Å². The Morgan fingerprint density at radius 2 is 2.10 bits per heavy atom. The fourth-order valence-corrected chi connectivity index (χ4v) is 3.72. The summed E-state index contributed by atoms with van der Waals surface area (Å²) in [6.45, 7) is 2.92. The second-order valence-electron chi connectivity index (χ2n) is 7.93. The topological polar surface area (TPSA) is 78.0 Å². The van der Waals surface area contributed by atoms with Gasteiger partial charge in [-0.1, -0.05) is 25.8 Å². The predicted molar refractivity (Wildman–Crippen MR) is 114 cm³/mol. The molecule has 0 amide bonds. The first kappa shape index (κ1) is 24.3. The second-order valence-corrected chi connectivity index (χ2v) is 7.93. The minimum absolute atomic E-state index is 0.0160. The first-order valence-corrected chi connectivity index (χ1v) is 10.6. The van der Waals surface area contributed by atoms with Crippen LogP contribution in [0.3, 0.4) is 0 Å². The number of guanidine groups is 1. The van der Waals surface area contributed by atoms with Gasteiger partial charge < -0.3 is 20.7 Å². The number of carbonyl (C=O) groups excluding carboxylic acids is 1. The maximum Gasteiger partial charge on any atom is 0.314 e. The van der Waals surface area contributed by atoms with E-state index in [2.05, 4.69) is 27.9 Å². The van der Waals surface area contributed by atoms with Gasteiger partial charge >= 0.3 is 5.92 Å². The summed E-state index contributed by atoms with van der Waals surface area (Å²) in [7, 11) is 3.47. The molecule has 0 aromatic heterocycles. The summed E-state index contributed by atoms with van der Waals surface area (Å²) in [5.41, 5.74) is 0.803. The number of methoxy groups -OCH3 is 1. The molecule has 170 valence electrons. The third-order valence-electron chi connectivity index (χ3n) is 5.37. The first-order valence-electron chi connectivity index (χ1n) is 10.6. The van der Waals surface area contributed by atoms with E-state index in [0.29, 0.717) is 18.4 Å². The first-order chi connectivity index (χ1) is 14.4. The number of nitrogens with zero attached hydrogens (tertiary/aromatic N) is 2. The lowest BCUT2D eigenvalue weighted by molar-refractivity contribution is -0.132. The number of halogens is 2. The van der Waals surface area contributed by atoms with Gasteiger partial charge in [-0.25, -0.2) is 4.99 Å². The number of nitrogens with one attached hydrogen (secondary N) is 3. The van der Waals surface area contributed by atoms with E-state index in [1.54, 1.807) is 12.0 Å². The summed E-state index contributed by atoms with van der Waals surface area (Å²) in [6, 6.07) is 0.0160. The molecule has 2 aliphatic carbocycles. The molecule has 9 heteroatoms. The smallest absolute Gasteiger partial charge is 0.314 e. The van der Waals surface area contributed by atoms with Crippen molar-refractivity contribution in [2.24, 2.45) is 10.9 Å². The Kier molecular flexibility index (Phi) is 9.71. The monoisotopic (exact) mass is 427 g/mol. The fourth-order valence-electron chi connectivity index (χ4n) is 3.72. The number of hydrogen-bond donors (Lipinski definition) is 3. The van der Waals surface area contributed by atoms with E-state index in [1.165, 1.54) is 0 Å². The van der Waals surface area contributed by atoms with Crippen LogP contribution >= 0.6 is 0 Å². The van der Waals surface area contributed by atoms with Crippen LogP contribution < -0.4 is 16.0 Å². The van der Waals surface area contributed by atoms with Gasteiger partial charge in [-0.15, -0.1) is 0 Å². The molecule has 0 aromatic carbocycles. The van der Waals surface area contributed by atoms with Crippen LogP contribution in [-0.4, -0.2) is 69.6 Å². The number of alkyl halides is 2. The lowest BCUT2D eigenvalue weighted by atomic mass is 10.0. The number of ether oxygens (including phenoxy) is 1. The summed E-state index contributed by atoms with van der Waals surface area (Å²) in [4.78, 5) is 17.0. The van der Waals surface area contributed by atoms with Crippen LogP contribution in [0.15, 0.2) is 28.6 Å². The maximum atomic E-state index is 13.8. The molecule has 1 atom stereocenters. The summed E-state index contributed by atoms with van der Waals surface area (Å²) in [6.07, 6.45) is 8.41. The molecule has 0 radical (unpaired) electrons. The minimum Gasteiger partial charge on any atom is -0.495 e. The molecule has 0 spiro atoms. The van der Waals surface area contributed by atoms with Gasteiger partial charge in [-0.05, 0) is 38.3 Å². The van der Waals surface area contributed by atoms with Crippen molar-refractivity contribution in [3.8, 4) is 0 Å². The van der Waals surface area contributed by atoms with Gasteiger partial charge in [0.1, 0.15) is 5.76 Å².